The molecular formula is C14H26N4OS2. The number of aromatic nitrogens is 2. The number of nitrogens with two attached hydrogens (primary N) is 1. The maximum absolute atomic E-state index is 5.90. The number of hydrogen-bond acceptors (Lipinski definition) is 6. The first-order chi connectivity index (χ1) is 9.99. The Hall–Kier alpha value is -0.370. The smallest absolute Gasteiger partial charge is 0.161 e. The fraction of sp³-hybridized carbons (Fsp3) is 0.786. The molecule has 1 saturated heterocycles. The van der Waals surface area contributed by atoms with Crippen molar-refractivity contribution in [2.24, 2.45) is 5.84 Å². The standard InChI is InChI=1S/C14H26N4OS2/c1-8(2)18-14(11(19-5)6-16-18)13(17-15)12-7-20-9(3)10(4)21-12/h6,8-10,12-13,17H,7,15H2,1-5H3. The molecule has 1 aliphatic rings. The Morgan fingerprint density at radius 2 is 2.14 bits per heavy atom. The molecule has 3 N–H and O–H groups in total. The van der Waals surface area contributed by atoms with Gasteiger partial charge in [0, 0.05) is 27.5 Å². The molecule has 120 valence electrons. The monoisotopic (exact) mass is 330 g/mol. The van der Waals surface area contributed by atoms with Gasteiger partial charge in [0.2, 0.25) is 0 Å². The van der Waals surface area contributed by atoms with Crippen molar-refractivity contribution in [2.45, 2.75) is 55.5 Å². The van der Waals surface area contributed by atoms with Crippen LogP contribution in [0.1, 0.15) is 45.5 Å². The van der Waals surface area contributed by atoms with Crippen molar-refractivity contribution in [3.63, 3.8) is 0 Å². The van der Waals surface area contributed by atoms with Gasteiger partial charge in [0.05, 0.1) is 19.3 Å². The van der Waals surface area contributed by atoms with E-state index in [1.165, 1.54) is 0 Å². The first-order valence-corrected chi connectivity index (χ1v) is 9.33. The summed E-state index contributed by atoms with van der Waals surface area (Å²) < 4.78 is 7.51. The van der Waals surface area contributed by atoms with Crippen molar-refractivity contribution < 1.29 is 4.74 Å². The average Bonchev–Trinajstić information content (AvgIpc) is 2.87. The van der Waals surface area contributed by atoms with Crippen LogP contribution in [0.15, 0.2) is 6.20 Å². The lowest BCUT2D eigenvalue weighted by Gasteiger charge is -2.36. The van der Waals surface area contributed by atoms with E-state index in [-0.39, 0.29) is 12.1 Å². The third-order valence-corrected chi connectivity index (χ3v) is 7.42. The number of nitrogens with one attached hydrogen (secondary N) is 1. The Labute approximate surface area is 135 Å². The van der Waals surface area contributed by atoms with E-state index in [1.807, 2.05) is 28.2 Å². The second kappa shape index (κ2) is 7.26. The number of ether oxygens (including phenoxy) is 1. The van der Waals surface area contributed by atoms with Crippen molar-refractivity contribution in [3.05, 3.63) is 11.9 Å². The van der Waals surface area contributed by atoms with Crippen molar-refractivity contribution in [3.8, 4) is 5.75 Å². The molecule has 0 aliphatic carbocycles. The summed E-state index contributed by atoms with van der Waals surface area (Å²) in [6, 6.07) is 0.314. The second-order valence-electron chi connectivity index (χ2n) is 5.70. The minimum Gasteiger partial charge on any atom is -0.493 e. The summed E-state index contributed by atoms with van der Waals surface area (Å²) in [4.78, 5) is 0. The Morgan fingerprint density at radius 3 is 2.67 bits per heavy atom. The normalized spacial score (nSPS) is 27.9. The predicted octanol–water partition coefficient (Wildman–Crippen LogP) is 2.60. The maximum Gasteiger partial charge on any atom is 0.161 e. The molecule has 2 rings (SSSR count). The number of rotatable bonds is 5. The van der Waals surface area contributed by atoms with Gasteiger partial charge in [-0.25, -0.2) is 0 Å². The van der Waals surface area contributed by atoms with Gasteiger partial charge in [0.15, 0.2) is 5.75 Å². The predicted molar refractivity (Wildman–Crippen MR) is 92.0 cm³/mol. The maximum atomic E-state index is 5.90. The molecule has 0 amide bonds. The molecule has 7 heteroatoms. The minimum atomic E-state index is 0.0392. The van der Waals surface area contributed by atoms with Gasteiger partial charge in [-0.1, -0.05) is 13.8 Å². The van der Waals surface area contributed by atoms with E-state index >= 15 is 0 Å². The van der Waals surface area contributed by atoms with Crippen LogP contribution in [0.2, 0.25) is 0 Å². The van der Waals surface area contributed by atoms with Gasteiger partial charge in [-0.3, -0.25) is 16.0 Å². The van der Waals surface area contributed by atoms with Gasteiger partial charge in [-0.2, -0.15) is 28.6 Å². The Bertz CT molecular complexity index is 466. The molecule has 5 nitrogen and oxygen atoms in total. The number of hydrazine groups is 1. The van der Waals surface area contributed by atoms with E-state index in [9.17, 15) is 0 Å². The van der Waals surface area contributed by atoms with Crippen LogP contribution in [0.3, 0.4) is 0 Å². The summed E-state index contributed by atoms with van der Waals surface area (Å²) in [5.41, 5.74) is 4.06. The largest absolute Gasteiger partial charge is 0.493 e. The molecule has 1 aromatic heterocycles. The van der Waals surface area contributed by atoms with E-state index in [1.54, 1.807) is 13.3 Å². The van der Waals surface area contributed by atoms with Crippen LogP contribution >= 0.6 is 23.5 Å². The second-order valence-corrected chi connectivity index (χ2v) is 8.73. The fourth-order valence-corrected chi connectivity index (χ4v) is 5.64. The average molecular weight is 331 g/mol. The molecule has 4 unspecified atom stereocenters. The molecule has 0 bridgehead atoms. The molecule has 0 aromatic carbocycles. The van der Waals surface area contributed by atoms with Crippen molar-refractivity contribution >= 4 is 23.5 Å². The molecular weight excluding hydrogens is 304 g/mol. The third-order valence-electron chi connectivity index (χ3n) is 3.93. The van der Waals surface area contributed by atoms with Gasteiger partial charge in [-0.15, -0.1) is 0 Å². The molecule has 2 heterocycles. The van der Waals surface area contributed by atoms with E-state index in [0.717, 1.165) is 17.2 Å². The lowest BCUT2D eigenvalue weighted by atomic mass is 10.1. The van der Waals surface area contributed by atoms with Crippen molar-refractivity contribution in [1.82, 2.24) is 15.2 Å². The highest BCUT2D eigenvalue weighted by atomic mass is 32.2. The first kappa shape index (κ1) is 17.0. The molecule has 21 heavy (non-hydrogen) atoms. The fourth-order valence-electron chi connectivity index (χ4n) is 2.57. The highest BCUT2D eigenvalue weighted by Crippen LogP contribution is 2.42. The van der Waals surface area contributed by atoms with Crippen molar-refractivity contribution in [1.29, 1.82) is 0 Å². The summed E-state index contributed by atoms with van der Waals surface area (Å²) in [7, 11) is 1.69. The molecule has 0 radical (unpaired) electrons. The summed E-state index contributed by atoms with van der Waals surface area (Å²) >= 11 is 4.02. The molecule has 1 aromatic rings. The van der Waals surface area contributed by atoms with Crippen LogP contribution in [0.4, 0.5) is 0 Å². The van der Waals surface area contributed by atoms with Gasteiger partial charge < -0.3 is 4.74 Å². The summed E-state index contributed by atoms with van der Waals surface area (Å²) in [6.45, 7) is 8.83. The third kappa shape index (κ3) is 3.52. The number of hydrogen-bond donors (Lipinski definition) is 2. The summed E-state index contributed by atoms with van der Waals surface area (Å²) in [5, 5.41) is 6.17. The highest BCUT2D eigenvalue weighted by molar-refractivity contribution is 8.07. The molecule has 1 aliphatic heterocycles. The van der Waals surface area contributed by atoms with Crippen LogP contribution in [0.5, 0.6) is 5.75 Å². The minimum absolute atomic E-state index is 0.0392. The molecule has 4 atom stereocenters. The van der Waals surface area contributed by atoms with Crippen LogP contribution < -0.4 is 16.0 Å². The number of nitrogens with zero attached hydrogens (tertiary/aromatic N) is 2. The Morgan fingerprint density at radius 1 is 1.43 bits per heavy atom. The zero-order chi connectivity index (χ0) is 15.6. The Balaban J connectivity index is 2.31. The van der Waals surface area contributed by atoms with E-state index in [4.69, 9.17) is 10.6 Å². The first-order valence-electron chi connectivity index (χ1n) is 7.34. The highest BCUT2D eigenvalue weighted by Gasteiger charge is 2.35. The van der Waals surface area contributed by atoms with Crippen molar-refractivity contribution in [2.75, 3.05) is 12.9 Å². The van der Waals surface area contributed by atoms with Crippen LogP contribution in [-0.4, -0.2) is 38.4 Å². The van der Waals surface area contributed by atoms with Gasteiger partial charge in [0.1, 0.15) is 5.69 Å². The molecule has 1 fully saturated rings. The zero-order valence-electron chi connectivity index (χ0n) is 13.4. The molecule has 0 spiro atoms. The quantitative estimate of drug-likeness (QED) is 0.639. The topological polar surface area (TPSA) is 65.1 Å². The van der Waals surface area contributed by atoms with E-state index in [0.29, 0.717) is 15.7 Å². The number of thioether (sulfide) groups is 2. The summed E-state index contributed by atoms with van der Waals surface area (Å²) in [5.74, 6) is 7.79. The van der Waals surface area contributed by atoms with Gasteiger partial charge >= 0.3 is 0 Å². The SMILES string of the molecule is COc1cnn(C(C)C)c1C(NN)C1CSC(C)C(C)S1. The Kier molecular flexibility index (Phi) is 5.88. The zero-order valence-corrected chi connectivity index (χ0v) is 15.0. The van der Waals surface area contributed by atoms with Crippen LogP contribution in [-0.2, 0) is 0 Å². The lowest BCUT2D eigenvalue weighted by Crippen LogP contribution is -2.41. The van der Waals surface area contributed by atoms with Gasteiger partial charge in [-0.05, 0) is 13.8 Å². The van der Waals surface area contributed by atoms with E-state index < -0.39 is 0 Å². The van der Waals surface area contributed by atoms with Gasteiger partial charge in [0.25, 0.3) is 0 Å². The molecule has 0 saturated carbocycles. The summed E-state index contributed by atoms with van der Waals surface area (Å²) in [6.07, 6.45) is 1.78. The van der Waals surface area contributed by atoms with Crippen LogP contribution in [0.25, 0.3) is 0 Å². The van der Waals surface area contributed by atoms with Crippen LogP contribution in [0, 0.1) is 0 Å². The lowest BCUT2D eigenvalue weighted by molar-refractivity contribution is 0.384. The van der Waals surface area contributed by atoms with E-state index in [2.05, 4.69) is 38.2 Å². The number of methoxy groups -OCH3 is 1.